The van der Waals surface area contributed by atoms with E-state index >= 15 is 0 Å². The van der Waals surface area contributed by atoms with Crippen molar-refractivity contribution in [3.63, 3.8) is 0 Å². The summed E-state index contributed by atoms with van der Waals surface area (Å²) in [5.74, 6) is 0.798. The Kier molecular flexibility index (Phi) is 7.19. The topological polar surface area (TPSA) is 94.5 Å². The summed E-state index contributed by atoms with van der Waals surface area (Å²) in [5.41, 5.74) is 2.07. The Morgan fingerprint density at radius 1 is 1.06 bits per heavy atom. The average molecular weight is 525 g/mol. The van der Waals surface area contributed by atoms with Gasteiger partial charge in [0.1, 0.15) is 17.3 Å². The van der Waals surface area contributed by atoms with Gasteiger partial charge in [-0.1, -0.05) is 41.9 Å². The zero-order valence-electron chi connectivity index (χ0n) is 19.7. The number of hydrogen-bond acceptors (Lipinski definition) is 6. The van der Waals surface area contributed by atoms with Gasteiger partial charge >= 0.3 is 0 Å². The number of aryl methyl sites for hydroxylation is 1. The van der Waals surface area contributed by atoms with Gasteiger partial charge in [0.25, 0.3) is 5.56 Å². The lowest BCUT2D eigenvalue weighted by atomic mass is 10.0. The smallest absolute Gasteiger partial charge is 0.258 e. The van der Waals surface area contributed by atoms with Crippen LogP contribution in [-0.4, -0.2) is 29.7 Å². The molecule has 4 rings (SSSR count). The fourth-order valence-corrected chi connectivity index (χ4v) is 4.46. The lowest BCUT2D eigenvalue weighted by Gasteiger charge is -2.16. The SMILES string of the molecule is C=CC(=O)Nc1ccccc1Nc1cc2c(cn1)cc(-c1c(Cl)c(OC)cc(OC)c1Cl)c(=O)n2C. The Hall–Kier alpha value is -4.01. The minimum absolute atomic E-state index is 0.198. The Morgan fingerprint density at radius 2 is 1.69 bits per heavy atom. The van der Waals surface area contributed by atoms with Crippen molar-refractivity contribution in [2.24, 2.45) is 7.05 Å². The van der Waals surface area contributed by atoms with E-state index in [4.69, 9.17) is 32.7 Å². The molecule has 0 aliphatic rings. The lowest BCUT2D eigenvalue weighted by Crippen LogP contribution is -2.19. The molecular formula is C26H22Cl2N4O4. The molecule has 0 aliphatic heterocycles. The quantitative estimate of drug-likeness (QED) is 0.297. The molecule has 0 aliphatic carbocycles. The monoisotopic (exact) mass is 524 g/mol. The first kappa shape index (κ1) is 25.1. The first-order valence-corrected chi connectivity index (χ1v) is 11.4. The van der Waals surface area contributed by atoms with Gasteiger partial charge in [-0.3, -0.25) is 9.59 Å². The number of nitrogens with one attached hydrogen (secondary N) is 2. The van der Waals surface area contributed by atoms with E-state index in [1.807, 2.05) is 6.07 Å². The van der Waals surface area contributed by atoms with Gasteiger partial charge in [0.15, 0.2) is 0 Å². The predicted molar refractivity (Wildman–Crippen MR) is 144 cm³/mol. The van der Waals surface area contributed by atoms with Crippen LogP contribution in [0.1, 0.15) is 0 Å². The molecule has 4 aromatic rings. The number of rotatable bonds is 7. The molecule has 0 saturated carbocycles. The number of methoxy groups -OCH3 is 2. The number of carbonyl (C=O) groups excluding carboxylic acids is 1. The van der Waals surface area contributed by atoms with Crippen molar-refractivity contribution in [1.82, 2.24) is 9.55 Å². The van der Waals surface area contributed by atoms with Crippen LogP contribution >= 0.6 is 23.2 Å². The largest absolute Gasteiger partial charge is 0.495 e. The summed E-state index contributed by atoms with van der Waals surface area (Å²) in [5, 5.41) is 7.01. The number of ether oxygens (including phenoxy) is 2. The first-order valence-electron chi connectivity index (χ1n) is 10.7. The maximum absolute atomic E-state index is 13.4. The third kappa shape index (κ3) is 4.60. The van der Waals surface area contributed by atoms with Gasteiger partial charge in [0.05, 0.1) is 46.7 Å². The number of pyridine rings is 2. The van der Waals surface area contributed by atoms with Crippen LogP contribution in [0.3, 0.4) is 0 Å². The van der Waals surface area contributed by atoms with E-state index in [0.29, 0.717) is 45.2 Å². The minimum Gasteiger partial charge on any atom is -0.495 e. The van der Waals surface area contributed by atoms with Gasteiger partial charge in [-0.15, -0.1) is 0 Å². The second-order valence-corrected chi connectivity index (χ2v) is 8.45. The third-order valence-corrected chi connectivity index (χ3v) is 6.33. The summed E-state index contributed by atoms with van der Waals surface area (Å²) in [7, 11) is 4.59. The number of amides is 1. The van der Waals surface area contributed by atoms with Crippen LogP contribution in [0.15, 0.2) is 66.1 Å². The molecule has 184 valence electrons. The molecular weight excluding hydrogens is 503 g/mol. The zero-order chi connectivity index (χ0) is 26.0. The summed E-state index contributed by atoms with van der Waals surface area (Å²) < 4.78 is 12.2. The van der Waals surface area contributed by atoms with Crippen molar-refractivity contribution in [3.8, 4) is 22.6 Å². The fourth-order valence-electron chi connectivity index (χ4n) is 3.76. The Bertz CT molecular complexity index is 1540. The van der Waals surface area contributed by atoms with E-state index in [-0.39, 0.29) is 27.1 Å². The van der Waals surface area contributed by atoms with Gasteiger partial charge in [-0.25, -0.2) is 4.98 Å². The van der Waals surface area contributed by atoms with E-state index < -0.39 is 0 Å². The molecule has 0 bridgehead atoms. The highest BCUT2D eigenvalue weighted by Gasteiger charge is 2.22. The van der Waals surface area contributed by atoms with E-state index in [9.17, 15) is 9.59 Å². The highest BCUT2D eigenvalue weighted by Crippen LogP contribution is 2.45. The summed E-state index contributed by atoms with van der Waals surface area (Å²) in [4.78, 5) is 29.7. The molecule has 0 spiro atoms. The van der Waals surface area contributed by atoms with Crippen molar-refractivity contribution in [3.05, 3.63) is 81.7 Å². The molecule has 10 heteroatoms. The average Bonchev–Trinajstić information content (AvgIpc) is 2.88. The van der Waals surface area contributed by atoms with E-state index in [2.05, 4.69) is 22.2 Å². The molecule has 8 nitrogen and oxygen atoms in total. The first-order chi connectivity index (χ1) is 17.3. The van der Waals surface area contributed by atoms with Gasteiger partial charge in [0, 0.05) is 36.3 Å². The van der Waals surface area contributed by atoms with E-state index in [1.165, 1.54) is 24.9 Å². The zero-order valence-corrected chi connectivity index (χ0v) is 21.2. The van der Waals surface area contributed by atoms with Crippen LogP contribution in [-0.2, 0) is 11.8 Å². The highest BCUT2D eigenvalue weighted by atomic mass is 35.5. The Morgan fingerprint density at radius 3 is 2.31 bits per heavy atom. The van der Waals surface area contributed by atoms with Crippen molar-refractivity contribution in [1.29, 1.82) is 0 Å². The molecule has 0 unspecified atom stereocenters. The van der Waals surface area contributed by atoms with Crippen molar-refractivity contribution in [2.75, 3.05) is 24.9 Å². The maximum Gasteiger partial charge on any atom is 0.258 e. The number of nitrogens with zero attached hydrogens (tertiary/aromatic N) is 2. The molecule has 0 radical (unpaired) electrons. The number of fused-ring (bicyclic) bond motifs is 1. The molecule has 2 aromatic carbocycles. The number of carbonyl (C=O) groups is 1. The number of anilines is 3. The van der Waals surface area contributed by atoms with Crippen LogP contribution < -0.4 is 25.7 Å². The molecule has 0 saturated heterocycles. The highest BCUT2D eigenvalue weighted by molar-refractivity contribution is 6.41. The molecule has 1 amide bonds. The summed E-state index contributed by atoms with van der Waals surface area (Å²) in [6.07, 6.45) is 2.82. The molecule has 0 fully saturated rings. The van der Waals surface area contributed by atoms with E-state index in [1.54, 1.807) is 49.6 Å². The maximum atomic E-state index is 13.4. The van der Waals surface area contributed by atoms with Gasteiger partial charge in [-0.2, -0.15) is 0 Å². The van der Waals surface area contributed by atoms with Crippen LogP contribution in [0.2, 0.25) is 10.0 Å². The Labute approximate surface area is 217 Å². The molecule has 2 aromatic heterocycles. The molecule has 2 heterocycles. The van der Waals surface area contributed by atoms with Crippen LogP contribution in [0, 0.1) is 0 Å². The standard InChI is InChI=1S/C26H22Cl2N4O4/c1-5-22(33)31-17-9-7-6-8-16(17)30-21-11-18-14(13-29-21)10-15(26(34)32(18)2)23-24(27)19(35-3)12-20(36-4)25(23)28/h5-13H,1H2,2-4H3,(H,29,30)(H,31,33). The minimum atomic E-state index is -0.336. The van der Waals surface area contributed by atoms with Crippen LogP contribution in [0.5, 0.6) is 11.5 Å². The second-order valence-electron chi connectivity index (χ2n) is 7.70. The number of benzene rings is 2. The van der Waals surface area contributed by atoms with Crippen molar-refractivity contribution >= 4 is 57.2 Å². The normalized spacial score (nSPS) is 10.7. The van der Waals surface area contributed by atoms with Gasteiger partial charge in [0.2, 0.25) is 5.91 Å². The number of para-hydroxylation sites is 2. The van der Waals surface area contributed by atoms with Crippen LogP contribution in [0.4, 0.5) is 17.2 Å². The molecule has 2 N–H and O–H groups in total. The second kappa shape index (κ2) is 10.3. The summed E-state index contributed by atoms with van der Waals surface area (Å²) in [6.45, 7) is 3.47. The van der Waals surface area contributed by atoms with E-state index in [0.717, 1.165) is 0 Å². The predicted octanol–water partition coefficient (Wildman–Crippen LogP) is 5.79. The van der Waals surface area contributed by atoms with Gasteiger partial charge in [-0.05, 0) is 24.3 Å². The number of halogens is 2. The lowest BCUT2D eigenvalue weighted by molar-refractivity contribution is -0.111. The fraction of sp³-hybridized carbons (Fsp3) is 0.115. The Balaban J connectivity index is 1.82. The number of aromatic nitrogens is 2. The third-order valence-electron chi connectivity index (χ3n) is 5.58. The van der Waals surface area contributed by atoms with Crippen LogP contribution in [0.25, 0.3) is 22.0 Å². The number of hydrogen-bond donors (Lipinski definition) is 2. The summed E-state index contributed by atoms with van der Waals surface area (Å²) >= 11 is 13.1. The van der Waals surface area contributed by atoms with Gasteiger partial charge < -0.3 is 24.7 Å². The van der Waals surface area contributed by atoms with Crippen molar-refractivity contribution in [2.45, 2.75) is 0 Å². The summed E-state index contributed by atoms with van der Waals surface area (Å²) in [6, 6.07) is 12.2. The van der Waals surface area contributed by atoms with Crippen molar-refractivity contribution < 1.29 is 14.3 Å². The molecule has 36 heavy (non-hydrogen) atoms. The molecule has 0 atom stereocenters.